The number of nitrogens with one attached hydrogen (secondary N) is 1. The molecule has 26 heavy (non-hydrogen) atoms. The Morgan fingerprint density at radius 3 is 2.65 bits per heavy atom. The number of nitrogens with zero attached hydrogens (tertiary/aromatic N) is 3. The molecule has 0 aliphatic heterocycles. The lowest BCUT2D eigenvalue weighted by Gasteiger charge is -2.10. The number of primary amides is 1. The van der Waals surface area contributed by atoms with Crippen LogP contribution in [-0.4, -0.2) is 32.7 Å². The molecule has 0 saturated carbocycles. The van der Waals surface area contributed by atoms with Gasteiger partial charge < -0.3 is 15.6 Å². The van der Waals surface area contributed by atoms with Crippen LogP contribution in [0, 0.1) is 6.92 Å². The maximum absolute atomic E-state index is 12.1. The number of thiazole rings is 1. The summed E-state index contributed by atoms with van der Waals surface area (Å²) in [6.07, 6.45) is 1.48. The molecular formula is C16H23N5O3S2. The lowest BCUT2D eigenvalue weighted by molar-refractivity contribution is -0.116. The molecule has 0 spiro atoms. The number of nitrogens with two attached hydrogens (primary N) is 1. The second-order valence-electron chi connectivity index (χ2n) is 6.81. The number of carbonyl (C=O) groups excluding carboxylic acids is 2. The third-order valence-corrected chi connectivity index (χ3v) is 5.74. The highest BCUT2D eigenvalue weighted by molar-refractivity contribution is 8.01. The predicted molar refractivity (Wildman–Crippen MR) is 101 cm³/mol. The largest absolute Gasteiger partial charge is 0.369 e. The van der Waals surface area contributed by atoms with E-state index >= 15 is 0 Å². The monoisotopic (exact) mass is 397 g/mol. The molecule has 0 bridgehead atoms. The van der Waals surface area contributed by atoms with Crippen molar-refractivity contribution in [3.05, 3.63) is 17.4 Å². The summed E-state index contributed by atoms with van der Waals surface area (Å²) in [6, 6.07) is 0. The molecule has 0 aromatic carbocycles. The van der Waals surface area contributed by atoms with Gasteiger partial charge in [0.2, 0.25) is 17.7 Å². The Balaban J connectivity index is 1.79. The van der Waals surface area contributed by atoms with Gasteiger partial charge in [0.25, 0.3) is 0 Å². The molecule has 0 aliphatic rings. The summed E-state index contributed by atoms with van der Waals surface area (Å²) in [5.41, 5.74) is 5.76. The number of hydrogen-bond donors (Lipinski definition) is 2. The number of anilines is 1. The number of hydrogen-bond acceptors (Lipinski definition) is 8. The molecule has 8 nitrogen and oxygen atoms in total. The van der Waals surface area contributed by atoms with Gasteiger partial charge in [-0.05, 0) is 13.3 Å². The molecule has 2 amide bonds. The number of amides is 2. The van der Waals surface area contributed by atoms with E-state index in [4.69, 9.17) is 10.3 Å². The summed E-state index contributed by atoms with van der Waals surface area (Å²) in [4.78, 5) is 31.6. The average Bonchev–Trinajstić information content (AvgIpc) is 3.12. The van der Waals surface area contributed by atoms with Crippen molar-refractivity contribution in [3.8, 4) is 0 Å². The summed E-state index contributed by atoms with van der Waals surface area (Å²) in [5.74, 6) is 0.885. The zero-order chi connectivity index (χ0) is 19.3. The smallest absolute Gasteiger partial charge is 0.227 e. The predicted octanol–water partition coefficient (Wildman–Crippen LogP) is 2.67. The molecule has 0 saturated heterocycles. The van der Waals surface area contributed by atoms with Crippen LogP contribution < -0.4 is 11.1 Å². The Kier molecular flexibility index (Phi) is 6.76. The van der Waals surface area contributed by atoms with Gasteiger partial charge in [0.1, 0.15) is 0 Å². The molecule has 142 valence electrons. The van der Waals surface area contributed by atoms with Gasteiger partial charge in [-0.25, -0.2) is 4.98 Å². The first kappa shape index (κ1) is 20.4. The van der Waals surface area contributed by atoms with E-state index in [9.17, 15) is 9.59 Å². The van der Waals surface area contributed by atoms with Crippen LogP contribution in [0.5, 0.6) is 0 Å². The standard InChI is InChI=1S/C16H23N5O3S2/c1-9-13(25-8-10(17)22)26-15(18-9)19-11(23)6-5-7-12-20-14(21-24-12)16(2,3)4/h5-8H2,1-4H3,(H2,17,22)(H,18,19,23). The molecule has 10 heteroatoms. The van der Waals surface area contributed by atoms with Gasteiger partial charge in [0, 0.05) is 18.3 Å². The molecule has 0 unspecified atom stereocenters. The minimum atomic E-state index is -0.385. The van der Waals surface area contributed by atoms with Gasteiger partial charge in [0.15, 0.2) is 11.0 Å². The van der Waals surface area contributed by atoms with Gasteiger partial charge in [-0.1, -0.05) is 37.3 Å². The summed E-state index contributed by atoms with van der Waals surface area (Å²) < 4.78 is 6.09. The molecule has 0 fully saturated rings. The molecular weight excluding hydrogens is 374 g/mol. The molecule has 2 heterocycles. The van der Waals surface area contributed by atoms with Crippen LogP contribution in [0.4, 0.5) is 5.13 Å². The third kappa shape index (κ3) is 6.10. The van der Waals surface area contributed by atoms with Crippen molar-refractivity contribution in [3.63, 3.8) is 0 Å². The van der Waals surface area contributed by atoms with Crippen molar-refractivity contribution in [2.75, 3.05) is 11.1 Å². The van der Waals surface area contributed by atoms with Crippen LogP contribution in [-0.2, 0) is 21.4 Å². The summed E-state index contributed by atoms with van der Waals surface area (Å²) in [6.45, 7) is 7.88. The first-order chi connectivity index (χ1) is 12.1. The first-order valence-electron chi connectivity index (χ1n) is 8.16. The van der Waals surface area contributed by atoms with E-state index in [1.165, 1.54) is 23.1 Å². The van der Waals surface area contributed by atoms with E-state index < -0.39 is 0 Å². The Bertz CT molecular complexity index is 779. The molecule has 2 rings (SSSR count). The minimum absolute atomic E-state index is 0.124. The number of thioether (sulfide) groups is 1. The van der Waals surface area contributed by atoms with Crippen molar-refractivity contribution in [2.24, 2.45) is 5.73 Å². The van der Waals surface area contributed by atoms with E-state index in [0.29, 0.717) is 36.1 Å². The SMILES string of the molecule is Cc1nc(NC(=O)CCCc2nc(C(C)(C)C)no2)sc1SCC(N)=O. The third-order valence-electron chi connectivity index (χ3n) is 3.28. The van der Waals surface area contributed by atoms with Crippen LogP contribution >= 0.6 is 23.1 Å². The Morgan fingerprint density at radius 1 is 1.31 bits per heavy atom. The lowest BCUT2D eigenvalue weighted by atomic mass is 9.96. The highest BCUT2D eigenvalue weighted by Crippen LogP contribution is 2.31. The first-order valence-corrected chi connectivity index (χ1v) is 9.97. The van der Waals surface area contributed by atoms with E-state index in [1.54, 1.807) is 0 Å². The Labute approximate surface area is 160 Å². The van der Waals surface area contributed by atoms with Crippen molar-refractivity contribution in [2.45, 2.75) is 56.6 Å². The fraction of sp³-hybridized carbons (Fsp3) is 0.562. The quantitative estimate of drug-likeness (QED) is 0.656. The molecule has 0 radical (unpaired) electrons. The number of aryl methyl sites for hydroxylation is 2. The molecule has 0 aliphatic carbocycles. The van der Waals surface area contributed by atoms with E-state index in [-0.39, 0.29) is 23.0 Å². The Hall–Kier alpha value is -1.94. The number of carbonyl (C=O) groups is 2. The van der Waals surface area contributed by atoms with Crippen molar-refractivity contribution < 1.29 is 14.1 Å². The second-order valence-corrected chi connectivity index (χ2v) is 9.05. The maximum Gasteiger partial charge on any atom is 0.227 e. The number of rotatable bonds is 8. The van der Waals surface area contributed by atoms with Gasteiger partial charge in [0.05, 0.1) is 15.7 Å². The highest BCUT2D eigenvalue weighted by Gasteiger charge is 2.21. The zero-order valence-electron chi connectivity index (χ0n) is 15.3. The second kappa shape index (κ2) is 8.63. The van der Waals surface area contributed by atoms with Crippen LogP contribution in [0.15, 0.2) is 8.73 Å². The summed E-state index contributed by atoms with van der Waals surface area (Å²) >= 11 is 2.66. The highest BCUT2D eigenvalue weighted by atomic mass is 32.2. The van der Waals surface area contributed by atoms with E-state index in [2.05, 4.69) is 20.4 Å². The maximum atomic E-state index is 12.1. The van der Waals surface area contributed by atoms with Crippen molar-refractivity contribution in [1.29, 1.82) is 0 Å². The fourth-order valence-corrected chi connectivity index (χ4v) is 3.84. The average molecular weight is 398 g/mol. The van der Waals surface area contributed by atoms with Crippen LogP contribution in [0.1, 0.15) is 51.0 Å². The van der Waals surface area contributed by atoms with Gasteiger partial charge >= 0.3 is 0 Å². The summed E-state index contributed by atoms with van der Waals surface area (Å²) in [7, 11) is 0. The minimum Gasteiger partial charge on any atom is -0.369 e. The van der Waals surface area contributed by atoms with Crippen LogP contribution in [0.25, 0.3) is 0 Å². The van der Waals surface area contributed by atoms with Crippen LogP contribution in [0.3, 0.4) is 0 Å². The topological polar surface area (TPSA) is 124 Å². The summed E-state index contributed by atoms with van der Waals surface area (Å²) in [5, 5.41) is 7.26. The molecule has 2 aromatic rings. The van der Waals surface area contributed by atoms with Gasteiger partial charge in [-0.3, -0.25) is 9.59 Å². The Morgan fingerprint density at radius 2 is 2.04 bits per heavy atom. The normalized spacial score (nSPS) is 11.5. The van der Waals surface area contributed by atoms with Gasteiger partial charge in [-0.15, -0.1) is 11.8 Å². The zero-order valence-corrected chi connectivity index (χ0v) is 16.9. The van der Waals surface area contributed by atoms with Crippen LogP contribution in [0.2, 0.25) is 0 Å². The van der Waals surface area contributed by atoms with Crippen molar-refractivity contribution in [1.82, 2.24) is 15.1 Å². The molecule has 2 aromatic heterocycles. The lowest BCUT2D eigenvalue weighted by Crippen LogP contribution is -2.13. The molecule has 3 N–H and O–H groups in total. The fourth-order valence-electron chi connectivity index (χ4n) is 1.95. The van der Waals surface area contributed by atoms with E-state index in [0.717, 1.165) is 9.90 Å². The van der Waals surface area contributed by atoms with E-state index in [1.807, 2.05) is 27.7 Å². The molecule has 0 atom stereocenters. The van der Waals surface area contributed by atoms with Gasteiger partial charge in [-0.2, -0.15) is 4.98 Å². The van der Waals surface area contributed by atoms with Crippen molar-refractivity contribution >= 4 is 40.0 Å². The number of aromatic nitrogens is 3.